The molecular weight excluding hydrogens is 374 g/mol. The number of alkyl halides is 1. The molecule has 0 unspecified atom stereocenters. The number of sulfone groups is 1. The van der Waals surface area contributed by atoms with Gasteiger partial charge in [0.05, 0.1) is 29.5 Å². The highest BCUT2D eigenvalue weighted by molar-refractivity contribution is 7.91. The number of carbonyl (C=O) groups is 1. The van der Waals surface area contributed by atoms with Crippen LogP contribution in [0.1, 0.15) is 11.1 Å². The molecule has 0 radical (unpaired) electrons. The number of hydrogen-bond acceptors (Lipinski definition) is 5. The Labute approximate surface area is 160 Å². The van der Waals surface area contributed by atoms with Crippen LogP contribution in [0.15, 0.2) is 18.2 Å². The summed E-state index contributed by atoms with van der Waals surface area (Å²) in [6.45, 7) is 7.87. The molecule has 0 aliphatic carbocycles. The highest BCUT2D eigenvalue weighted by Gasteiger charge is 2.37. The summed E-state index contributed by atoms with van der Waals surface area (Å²) >= 11 is 6.05. The Morgan fingerprint density at radius 2 is 1.88 bits per heavy atom. The van der Waals surface area contributed by atoms with Crippen LogP contribution in [0.25, 0.3) is 0 Å². The molecular formula is C18H26ClN3O3S. The Kier molecular flexibility index (Phi) is 5.79. The van der Waals surface area contributed by atoms with Gasteiger partial charge in [0.15, 0.2) is 9.84 Å². The molecule has 144 valence electrons. The molecule has 26 heavy (non-hydrogen) atoms. The van der Waals surface area contributed by atoms with E-state index < -0.39 is 21.3 Å². The molecule has 0 spiro atoms. The van der Waals surface area contributed by atoms with Crippen molar-refractivity contribution in [3.05, 3.63) is 29.3 Å². The first-order valence-corrected chi connectivity index (χ1v) is 11.2. The molecule has 2 saturated heterocycles. The maximum absolute atomic E-state index is 12.3. The van der Waals surface area contributed by atoms with E-state index in [0.29, 0.717) is 0 Å². The molecule has 2 fully saturated rings. The van der Waals surface area contributed by atoms with E-state index in [4.69, 9.17) is 11.6 Å². The quantitative estimate of drug-likeness (QED) is 0.763. The first-order valence-electron chi connectivity index (χ1n) is 8.92. The SMILES string of the molecule is Cc1cccc(N2CCN(CC(=O)N[C@@H]3CS(=O)(=O)C[C@@H]3Cl)CC2)c1C. The lowest BCUT2D eigenvalue weighted by Crippen LogP contribution is -2.51. The number of carbonyl (C=O) groups excluding carboxylic acids is 1. The third kappa shape index (κ3) is 4.50. The van der Waals surface area contributed by atoms with Gasteiger partial charge in [-0.25, -0.2) is 8.42 Å². The third-order valence-corrected chi connectivity index (χ3v) is 7.66. The van der Waals surface area contributed by atoms with E-state index in [2.05, 4.69) is 47.2 Å². The predicted octanol–water partition coefficient (Wildman–Crippen LogP) is 0.946. The number of nitrogens with zero attached hydrogens (tertiary/aromatic N) is 2. The minimum atomic E-state index is -3.14. The maximum atomic E-state index is 12.3. The van der Waals surface area contributed by atoms with Crippen molar-refractivity contribution in [3.8, 4) is 0 Å². The fourth-order valence-electron chi connectivity index (χ4n) is 3.62. The van der Waals surface area contributed by atoms with Crippen LogP contribution >= 0.6 is 11.6 Å². The van der Waals surface area contributed by atoms with Crippen molar-refractivity contribution < 1.29 is 13.2 Å². The van der Waals surface area contributed by atoms with Gasteiger partial charge in [0.2, 0.25) is 5.91 Å². The van der Waals surface area contributed by atoms with Gasteiger partial charge in [-0.1, -0.05) is 12.1 Å². The Morgan fingerprint density at radius 1 is 1.19 bits per heavy atom. The van der Waals surface area contributed by atoms with Crippen molar-refractivity contribution in [1.29, 1.82) is 0 Å². The van der Waals surface area contributed by atoms with Crippen molar-refractivity contribution >= 4 is 33.0 Å². The highest BCUT2D eigenvalue weighted by atomic mass is 35.5. The molecule has 0 saturated carbocycles. The Bertz CT molecular complexity index is 776. The zero-order valence-electron chi connectivity index (χ0n) is 15.2. The molecule has 2 aliphatic heterocycles. The van der Waals surface area contributed by atoms with Crippen LogP contribution in [0.5, 0.6) is 0 Å². The van der Waals surface area contributed by atoms with Crippen molar-refractivity contribution in [3.63, 3.8) is 0 Å². The van der Waals surface area contributed by atoms with Gasteiger partial charge in [-0.2, -0.15) is 0 Å². The average Bonchev–Trinajstić information content (AvgIpc) is 2.82. The number of halogens is 1. The molecule has 8 heteroatoms. The van der Waals surface area contributed by atoms with E-state index in [1.165, 1.54) is 16.8 Å². The average molecular weight is 400 g/mol. The van der Waals surface area contributed by atoms with Crippen molar-refractivity contribution in [2.24, 2.45) is 0 Å². The van der Waals surface area contributed by atoms with E-state index in [-0.39, 0.29) is 24.0 Å². The maximum Gasteiger partial charge on any atom is 0.234 e. The van der Waals surface area contributed by atoms with Crippen LogP contribution in [0.2, 0.25) is 0 Å². The van der Waals surface area contributed by atoms with E-state index in [1.54, 1.807) is 0 Å². The second kappa shape index (κ2) is 7.74. The summed E-state index contributed by atoms with van der Waals surface area (Å²) in [5, 5.41) is 2.25. The second-order valence-corrected chi connectivity index (χ2v) is 9.96. The summed E-state index contributed by atoms with van der Waals surface area (Å²) in [6.07, 6.45) is 0. The number of amides is 1. The first-order chi connectivity index (χ1) is 12.2. The molecule has 1 aromatic carbocycles. The summed E-state index contributed by atoms with van der Waals surface area (Å²) < 4.78 is 23.2. The van der Waals surface area contributed by atoms with Gasteiger partial charge in [-0.05, 0) is 31.0 Å². The van der Waals surface area contributed by atoms with Crippen LogP contribution in [0, 0.1) is 13.8 Å². The monoisotopic (exact) mass is 399 g/mol. The van der Waals surface area contributed by atoms with Crippen LogP contribution in [-0.4, -0.2) is 74.9 Å². The van der Waals surface area contributed by atoms with E-state index in [0.717, 1.165) is 26.2 Å². The summed E-state index contributed by atoms with van der Waals surface area (Å²) in [4.78, 5) is 16.7. The second-order valence-electron chi connectivity index (χ2n) is 7.25. The van der Waals surface area contributed by atoms with Gasteiger partial charge in [0.1, 0.15) is 0 Å². The van der Waals surface area contributed by atoms with Gasteiger partial charge >= 0.3 is 0 Å². The number of aryl methyl sites for hydroxylation is 1. The Hall–Kier alpha value is -1.31. The molecule has 0 bridgehead atoms. The smallest absolute Gasteiger partial charge is 0.234 e. The van der Waals surface area contributed by atoms with Crippen molar-refractivity contribution in [2.45, 2.75) is 25.3 Å². The molecule has 0 aromatic heterocycles. The zero-order valence-corrected chi connectivity index (χ0v) is 16.8. The van der Waals surface area contributed by atoms with Crippen LogP contribution in [-0.2, 0) is 14.6 Å². The summed E-state index contributed by atoms with van der Waals surface area (Å²) in [7, 11) is -3.14. The number of hydrogen-bond donors (Lipinski definition) is 1. The number of benzene rings is 1. The largest absolute Gasteiger partial charge is 0.369 e. The molecule has 1 aromatic rings. The minimum absolute atomic E-state index is 0.0615. The number of nitrogens with one attached hydrogen (secondary N) is 1. The fraction of sp³-hybridized carbons (Fsp3) is 0.611. The summed E-state index contributed by atoms with van der Waals surface area (Å²) in [6, 6.07) is 5.86. The standard InChI is InChI=1S/C18H26ClN3O3S/c1-13-4-3-5-17(14(13)2)22-8-6-21(7-9-22)10-18(23)20-16-12-26(24,25)11-15(16)19/h3-5,15-16H,6-12H2,1-2H3,(H,20,23)/t15-,16+/m0/s1. The van der Waals surface area contributed by atoms with E-state index in [1.807, 2.05) is 0 Å². The Balaban J connectivity index is 1.49. The van der Waals surface area contributed by atoms with Gasteiger partial charge < -0.3 is 10.2 Å². The van der Waals surface area contributed by atoms with E-state index >= 15 is 0 Å². The van der Waals surface area contributed by atoms with Gasteiger partial charge in [-0.3, -0.25) is 9.69 Å². The lowest BCUT2D eigenvalue weighted by Gasteiger charge is -2.36. The van der Waals surface area contributed by atoms with Crippen LogP contribution < -0.4 is 10.2 Å². The van der Waals surface area contributed by atoms with Crippen molar-refractivity contribution in [1.82, 2.24) is 10.2 Å². The van der Waals surface area contributed by atoms with Crippen LogP contribution in [0.3, 0.4) is 0 Å². The third-order valence-electron chi connectivity index (χ3n) is 5.29. The molecule has 1 N–H and O–H groups in total. The number of anilines is 1. The first kappa shape index (κ1) is 19.5. The van der Waals surface area contributed by atoms with Crippen LogP contribution in [0.4, 0.5) is 5.69 Å². The zero-order chi connectivity index (χ0) is 18.9. The number of rotatable bonds is 4. The normalized spacial score (nSPS) is 26.0. The fourth-order valence-corrected chi connectivity index (χ4v) is 6.17. The van der Waals surface area contributed by atoms with Gasteiger partial charge in [-0.15, -0.1) is 11.6 Å². The minimum Gasteiger partial charge on any atom is -0.369 e. The molecule has 3 rings (SSSR count). The predicted molar refractivity (Wildman–Crippen MR) is 105 cm³/mol. The topological polar surface area (TPSA) is 69.7 Å². The molecule has 6 nitrogen and oxygen atoms in total. The van der Waals surface area contributed by atoms with Crippen molar-refractivity contribution in [2.75, 3.05) is 49.1 Å². The lowest BCUT2D eigenvalue weighted by molar-refractivity contribution is -0.122. The number of piperazine rings is 1. The summed E-state index contributed by atoms with van der Waals surface area (Å²) in [5.41, 5.74) is 3.84. The molecule has 2 heterocycles. The molecule has 2 aliphatic rings. The molecule has 1 amide bonds. The molecule has 2 atom stereocenters. The van der Waals surface area contributed by atoms with E-state index in [9.17, 15) is 13.2 Å². The lowest BCUT2D eigenvalue weighted by atomic mass is 10.1. The highest BCUT2D eigenvalue weighted by Crippen LogP contribution is 2.24. The summed E-state index contributed by atoms with van der Waals surface area (Å²) in [5.74, 6) is -0.278. The Morgan fingerprint density at radius 3 is 2.50 bits per heavy atom. The van der Waals surface area contributed by atoms with Gasteiger partial charge in [0.25, 0.3) is 0 Å². The van der Waals surface area contributed by atoms with Gasteiger partial charge in [0, 0.05) is 31.9 Å².